The van der Waals surface area contributed by atoms with Crippen molar-refractivity contribution in [2.24, 2.45) is 11.8 Å². The molecule has 6 nitrogen and oxygen atoms in total. The fraction of sp³-hybridized carbons (Fsp3) is 0.833. The van der Waals surface area contributed by atoms with Crippen molar-refractivity contribution < 1.29 is 19.4 Å². The summed E-state index contributed by atoms with van der Waals surface area (Å²) in [7, 11) is 0. The van der Waals surface area contributed by atoms with Gasteiger partial charge in [-0.3, -0.25) is 4.79 Å². The molecule has 0 saturated heterocycles. The van der Waals surface area contributed by atoms with Crippen LogP contribution in [0.15, 0.2) is 0 Å². The molecule has 1 rings (SSSR count). The number of urea groups is 1. The fourth-order valence-electron chi connectivity index (χ4n) is 2.27. The number of carboxylic acids is 1. The van der Waals surface area contributed by atoms with Gasteiger partial charge >= 0.3 is 12.0 Å². The number of nitrogens with one attached hydrogen (secondary N) is 2. The average molecular weight is 258 g/mol. The normalized spacial score (nSPS) is 22.7. The lowest BCUT2D eigenvalue weighted by molar-refractivity contribution is -0.142. The number of hydrogen-bond donors (Lipinski definition) is 3. The van der Waals surface area contributed by atoms with Crippen molar-refractivity contribution in [2.45, 2.75) is 26.2 Å². The molecule has 2 amide bonds. The van der Waals surface area contributed by atoms with Crippen LogP contribution in [-0.2, 0) is 9.53 Å². The van der Waals surface area contributed by atoms with Crippen molar-refractivity contribution in [3.63, 3.8) is 0 Å². The van der Waals surface area contributed by atoms with Gasteiger partial charge in [0.1, 0.15) is 0 Å². The monoisotopic (exact) mass is 258 g/mol. The molecular formula is C12H22N2O4. The molecule has 0 heterocycles. The minimum absolute atomic E-state index is 0.0557. The molecule has 1 fully saturated rings. The van der Waals surface area contributed by atoms with Crippen LogP contribution in [0, 0.1) is 11.8 Å². The molecule has 1 saturated carbocycles. The number of hydrogen-bond acceptors (Lipinski definition) is 3. The quantitative estimate of drug-likeness (QED) is 0.590. The first-order valence-electron chi connectivity index (χ1n) is 6.47. The van der Waals surface area contributed by atoms with Crippen molar-refractivity contribution in [2.75, 3.05) is 26.3 Å². The van der Waals surface area contributed by atoms with Crippen LogP contribution in [0.3, 0.4) is 0 Å². The minimum atomic E-state index is -0.754. The van der Waals surface area contributed by atoms with E-state index in [2.05, 4.69) is 10.6 Å². The van der Waals surface area contributed by atoms with Gasteiger partial charge in [0.2, 0.25) is 0 Å². The van der Waals surface area contributed by atoms with E-state index in [0.717, 1.165) is 12.8 Å². The highest BCUT2D eigenvalue weighted by Gasteiger charge is 2.32. The van der Waals surface area contributed by atoms with Crippen LogP contribution in [0.2, 0.25) is 0 Å². The Kier molecular flexibility index (Phi) is 6.49. The highest BCUT2D eigenvalue weighted by Crippen LogP contribution is 2.31. The van der Waals surface area contributed by atoms with E-state index < -0.39 is 5.97 Å². The predicted octanol–water partition coefficient (Wildman–Crippen LogP) is 0.823. The number of aliphatic carboxylic acids is 1. The Morgan fingerprint density at radius 1 is 1.33 bits per heavy atom. The molecule has 1 aliphatic carbocycles. The molecule has 104 valence electrons. The molecule has 2 atom stereocenters. The van der Waals surface area contributed by atoms with Gasteiger partial charge in [-0.15, -0.1) is 0 Å². The summed E-state index contributed by atoms with van der Waals surface area (Å²) in [6, 6.07) is -0.259. The molecule has 1 aliphatic rings. The van der Waals surface area contributed by atoms with Gasteiger partial charge in [-0.05, 0) is 25.7 Å². The molecule has 0 aromatic rings. The summed E-state index contributed by atoms with van der Waals surface area (Å²) >= 11 is 0. The van der Waals surface area contributed by atoms with Crippen molar-refractivity contribution >= 4 is 12.0 Å². The fourth-order valence-corrected chi connectivity index (χ4v) is 2.27. The van der Waals surface area contributed by atoms with Crippen LogP contribution in [-0.4, -0.2) is 43.4 Å². The summed E-state index contributed by atoms with van der Waals surface area (Å²) in [5, 5.41) is 14.4. The van der Waals surface area contributed by atoms with E-state index in [-0.39, 0.29) is 17.9 Å². The topological polar surface area (TPSA) is 87.7 Å². The van der Waals surface area contributed by atoms with E-state index in [1.54, 1.807) is 0 Å². The zero-order chi connectivity index (χ0) is 13.4. The minimum Gasteiger partial charge on any atom is -0.481 e. The molecule has 0 spiro atoms. The number of carbonyl (C=O) groups excluding carboxylic acids is 1. The standard InChI is InChI=1S/C12H22N2O4/c1-2-18-7-6-13-12(17)14-8-9-4-3-5-10(9)11(15)16/h9-10H,2-8H2,1H3,(H,15,16)(H2,13,14,17). The maximum atomic E-state index is 11.4. The van der Waals surface area contributed by atoms with Gasteiger partial charge in [-0.1, -0.05) is 6.42 Å². The molecule has 0 bridgehead atoms. The molecule has 0 aromatic carbocycles. The number of rotatable bonds is 7. The van der Waals surface area contributed by atoms with E-state index in [4.69, 9.17) is 9.84 Å². The van der Waals surface area contributed by atoms with E-state index in [1.165, 1.54) is 0 Å². The molecule has 18 heavy (non-hydrogen) atoms. The zero-order valence-electron chi connectivity index (χ0n) is 10.8. The third kappa shape index (κ3) is 4.91. The Balaban J connectivity index is 2.15. The largest absolute Gasteiger partial charge is 0.481 e. The molecule has 0 aliphatic heterocycles. The van der Waals surface area contributed by atoms with E-state index in [0.29, 0.717) is 32.7 Å². The van der Waals surface area contributed by atoms with E-state index in [9.17, 15) is 9.59 Å². The summed E-state index contributed by atoms with van der Waals surface area (Å²) < 4.78 is 5.09. The van der Waals surface area contributed by atoms with Crippen LogP contribution >= 0.6 is 0 Å². The van der Waals surface area contributed by atoms with E-state index >= 15 is 0 Å². The van der Waals surface area contributed by atoms with Gasteiger partial charge < -0.3 is 20.5 Å². The Labute approximate surface area is 107 Å². The third-order valence-electron chi connectivity index (χ3n) is 3.24. The number of carboxylic acid groups (broad SMARTS) is 1. The van der Waals surface area contributed by atoms with Gasteiger partial charge in [0.15, 0.2) is 0 Å². The van der Waals surface area contributed by atoms with Crippen LogP contribution in [0.25, 0.3) is 0 Å². The Bertz CT molecular complexity index is 283. The Morgan fingerprint density at radius 3 is 2.78 bits per heavy atom. The van der Waals surface area contributed by atoms with Crippen LogP contribution < -0.4 is 10.6 Å². The summed E-state index contributed by atoms with van der Waals surface area (Å²) in [5.74, 6) is -1.01. The average Bonchev–Trinajstić information content (AvgIpc) is 2.80. The Hall–Kier alpha value is -1.30. The van der Waals surface area contributed by atoms with Gasteiger partial charge in [-0.2, -0.15) is 0 Å². The van der Waals surface area contributed by atoms with Crippen LogP contribution in [0.1, 0.15) is 26.2 Å². The first-order valence-corrected chi connectivity index (χ1v) is 6.47. The molecule has 3 N–H and O–H groups in total. The molecule has 2 unspecified atom stereocenters. The smallest absolute Gasteiger partial charge is 0.314 e. The number of carbonyl (C=O) groups is 2. The molecule has 0 aromatic heterocycles. The third-order valence-corrected chi connectivity index (χ3v) is 3.24. The lowest BCUT2D eigenvalue weighted by Crippen LogP contribution is -2.40. The number of ether oxygens (including phenoxy) is 1. The lowest BCUT2D eigenvalue weighted by atomic mass is 9.96. The van der Waals surface area contributed by atoms with Gasteiger partial charge in [-0.25, -0.2) is 4.79 Å². The lowest BCUT2D eigenvalue weighted by Gasteiger charge is -2.16. The Morgan fingerprint density at radius 2 is 2.11 bits per heavy atom. The van der Waals surface area contributed by atoms with Gasteiger partial charge in [0.05, 0.1) is 12.5 Å². The summed E-state index contributed by atoms with van der Waals surface area (Å²) in [6.45, 7) is 3.91. The zero-order valence-corrected chi connectivity index (χ0v) is 10.8. The second kappa shape index (κ2) is 7.92. The van der Waals surface area contributed by atoms with Crippen molar-refractivity contribution in [1.29, 1.82) is 0 Å². The van der Waals surface area contributed by atoms with Crippen molar-refractivity contribution in [1.82, 2.24) is 10.6 Å². The first kappa shape index (κ1) is 14.8. The molecular weight excluding hydrogens is 236 g/mol. The molecule has 0 radical (unpaired) electrons. The SMILES string of the molecule is CCOCCNC(=O)NCC1CCCC1C(=O)O. The molecule has 6 heteroatoms. The number of amides is 2. The first-order chi connectivity index (χ1) is 8.65. The van der Waals surface area contributed by atoms with E-state index in [1.807, 2.05) is 6.92 Å². The highest BCUT2D eigenvalue weighted by atomic mass is 16.5. The maximum absolute atomic E-state index is 11.4. The van der Waals surface area contributed by atoms with Crippen molar-refractivity contribution in [3.8, 4) is 0 Å². The summed E-state index contributed by atoms with van der Waals surface area (Å²) in [6.07, 6.45) is 2.51. The van der Waals surface area contributed by atoms with Crippen LogP contribution in [0.5, 0.6) is 0 Å². The summed E-state index contributed by atoms with van der Waals surface area (Å²) in [4.78, 5) is 22.4. The predicted molar refractivity (Wildman–Crippen MR) is 66.4 cm³/mol. The van der Waals surface area contributed by atoms with Crippen molar-refractivity contribution in [3.05, 3.63) is 0 Å². The van der Waals surface area contributed by atoms with Gasteiger partial charge in [0, 0.05) is 19.7 Å². The second-order valence-electron chi connectivity index (χ2n) is 4.47. The summed E-state index contributed by atoms with van der Waals surface area (Å²) in [5.41, 5.74) is 0. The second-order valence-corrected chi connectivity index (χ2v) is 4.47. The van der Waals surface area contributed by atoms with Crippen LogP contribution in [0.4, 0.5) is 4.79 Å². The van der Waals surface area contributed by atoms with Gasteiger partial charge in [0.25, 0.3) is 0 Å². The maximum Gasteiger partial charge on any atom is 0.314 e. The highest BCUT2D eigenvalue weighted by molar-refractivity contribution is 5.74.